The van der Waals surface area contributed by atoms with Gasteiger partial charge in [-0.1, -0.05) is 12.1 Å². The van der Waals surface area contributed by atoms with Crippen LogP contribution >= 0.6 is 0 Å². The van der Waals surface area contributed by atoms with Crippen molar-refractivity contribution in [2.45, 2.75) is 18.9 Å². The summed E-state index contributed by atoms with van der Waals surface area (Å²) in [5, 5.41) is 4.84. The van der Waals surface area contributed by atoms with Crippen LogP contribution in [0.5, 0.6) is 5.75 Å². The van der Waals surface area contributed by atoms with E-state index in [0.717, 1.165) is 29.5 Å². The second kappa shape index (κ2) is 7.29. The van der Waals surface area contributed by atoms with Gasteiger partial charge in [-0.25, -0.2) is 23.8 Å². The Morgan fingerprint density at radius 2 is 1.90 bits per heavy atom. The molecule has 6 nitrogen and oxygen atoms in total. The minimum Gasteiger partial charge on any atom is -0.491 e. The Balaban J connectivity index is 1.43. The van der Waals surface area contributed by atoms with Crippen molar-refractivity contribution in [1.29, 1.82) is 0 Å². The number of nitrogens with zero attached hydrogens (tertiary/aromatic N) is 3. The molecule has 1 saturated heterocycles. The van der Waals surface area contributed by atoms with E-state index in [1.807, 2.05) is 18.2 Å². The maximum absolute atomic E-state index is 13.7. The normalized spacial score (nSPS) is 17.9. The molecule has 1 fully saturated rings. The van der Waals surface area contributed by atoms with E-state index in [0.29, 0.717) is 36.8 Å². The minimum atomic E-state index is -0.616. The highest BCUT2D eigenvalue weighted by Crippen LogP contribution is 2.37. The molecule has 29 heavy (non-hydrogen) atoms. The number of nitrogens with one attached hydrogen (secondary N) is 1. The lowest BCUT2D eigenvalue weighted by Gasteiger charge is -2.24. The summed E-state index contributed by atoms with van der Waals surface area (Å²) >= 11 is 0. The average molecular weight is 396 g/mol. The number of fused-ring (bicyclic) bond motifs is 1. The highest BCUT2D eigenvalue weighted by Gasteiger charge is 2.30. The van der Waals surface area contributed by atoms with Gasteiger partial charge in [-0.15, -0.1) is 0 Å². The third kappa shape index (κ3) is 3.47. The SMILES string of the molecule is Fc1cc(F)cc(C2CCON2c2cc(Nc3cccc4c3OCC4)ncn2)c1. The molecule has 3 heterocycles. The Hall–Kier alpha value is -3.26. The van der Waals surface area contributed by atoms with Gasteiger partial charge in [0.2, 0.25) is 0 Å². The summed E-state index contributed by atoms with van der Waals surface area (Å²) in [6, 6.07) is 10.8. The number of hydrogen-bond donors (Lipinski definition) is 1. The van der Waals surface area contributed by atoms with Crippen LogP contribution in [0.15, 0.2) is 48.8 Å². The summed E-state index contributed by atoms with van der Waals surface area (Å²) in [4.78, 5) is 14.3. The van der Waals surface area contributed by atoms with E-state index in [9.17, 15) is 8.78 Å². The van der Waals surface area contributed by atoms with Gasteiger partial charge in [0.05, 0.1) is 24.9 Å². The number of para-hydroxylation sites is 1. The molecule has 0 saturated carbocycles. The van der Waals surface area contributed by atoms with Crippen molar-refractivity contribution in [2.75, 3.05) is 23.6 Å². The largest absolute Gasteiger partial charge is 0.491 e. The molecule has 8 heteroatoms. The molecule has 1 atom stereocenters. The van der Waals surface area contributed by atoms with Crippen LogP contribution in [0.4, 0.5) is 26.1 Å². The van der Waals surface area contributed by atoms with Gasteiger partial charge in [0.25, 0.3) is 0 Å². The first-order valence-corrected chi connectivity index (χ1v) is 9.39. The number of halogens is 2. The molecule has 1 N–H and O–H groups in total. The van der Waals surface area contributed by atoms with Crippen LogP contribution in [0.25, 0.3) is 0 Å². The Kier molecular flexibility index (Phi) is 4.48. The summed E-state index contributed by atoms with van der Waals surface area (Å²) in [5.74, 6) is 0.671. The van der Waals surface area contributed by atoms with Crippen molar-refractivity contribution in [1.82, 2.24) is 9.97 Å². The zero-order valence-electron chi connectivity index (χ0n) is 15.4. The van der Waals surface area contributed by atoms with Crippen molar-refractivity contribution in [3.63, 3.8) is 0 Å². The number of aromatic nitrogens is 2. The van der Waals surface area contributed by atoms with Crippen LogP contribution in [-0.4, -0.2) is 23.2 Å². The average Bonchev–Trinajstić information content (AvgIpc) is 3.38. The summed E-state index contributed by atoms with van der Waals surface area (Å²) in [6.07, 6.45) is 2.90. The fourth-order valence-corrected chi connectivity index (χ4v) is 3.75. The second-order valence-corrected chi connectivity index (χ2v) is 6.95. The van der Waals surface area contributed by atoms with Crippen LogP contribution < -0.4 is 15.1 Å². The van der Waals surface area contributed by atoms with Crippen molar-refractivity contribution < 1.29 is 18.4 Å². The van der Waals surface area contributed by atoms with Crippen LogP contribution in [0.3, 0.4) is 0 Å². The lowest BCUT2D eigenvalue weighted by molar-refractivity contribution is 0.156. The fourth-order valence-electron chi connectivity index (χ4n) is 3.75. The van der Waals surface area contributed by atoms with E-state index in [4.69, 9.17) is 9.57 Å². The number of rotatable bonds is 4. The third-order valence-corrected chi connectivity index (χ3v) is 5.03. The molecule has 2 aliphatic heterocycles. The van der Waals surface area contributed by atoms with Gasteiger partial charge >= 0.3 is 0 Å². The van der Waals surface area contributed by atoms with E-state index in [2.05, 4.69) is 15.3 Å². The zero-order chi connectivity index (χ0) is 19.8. The van der Waals surface area contributed by atoms with Gasteiger partial charge < -0.3 is 10.1 Å². The number of ether oxygens (including phenoxy) is 1. The molecule has 0 bridgehead atoms. The monoisotopic (exact) mass is 396 g/mol. The number of hydrogen-bond acceptors (Lipinski definition) is 6. The minimum absolute atomic E-state index is 0.341. The number of hydroxylamine groups is 1. The number of anilines is 3. The first-order valence-electron chi connectivity index (χ1n) is 9.39. The molecule has 1 aromatic heterocycles. The van der Waals surface area contributed by atoms with Crippen molar-refractivity contribution in [3.8, 4) is 5.75 Å². The molecule has 3 aromatic rings. The van der Waals surface area contributed by atoms with Crippen molar-refractivity contribution in [2.24, 2.45) is 0 Å². The first kappa shape index (κ1) is 17.8. The summed E-state index contributed by atoms with van der Waals surface area (Å²) in [7, 11) is 0. The second-order valence-electron chi connectivity index (χ2n) is 6.95. The molecule has 148 valence electrons. The van der Waals surface area contributed by atoms with Crippen molar-refractivity contribution in [3.05, 3.63) is 71.6 Å². The van der Waals surface area contributed by atoms with E-state index in [1.54, 1.807) is 11.1 Å². The molecule has 0 aliphatic carbocycles. The van der Waals surface area contributed by atoms with Crippen molar-refractivity contribution >= 4 is 17.3 Å². The summed E-state index contributed by atoms with van der Waals surface area (Å²) in [6.45, 7) is 1.09. The first-order chi connectivity index (χ1) is 14.2. The van der Waals surface area contributed by atoms with Gasteiger partial charge in [-0.2, -0.15) is 0 Å². The highest BCUT2D eigenvalue weighted by atomic mass is 19.1. The molecule has 5 rings (SSSR count). The maximum Gasteiger partial charge on any atom is 0.158 e. The lowest BCUT2D eigenvalue weighted by atomic mass is 10.0. The zero-order valence-corrected chi connectivity index (χ0v) is 15.4. The van der Waals surface area contributed by atoms with Crippen LogP contribution in [0.1, 0.15) is 23.6 Å². The number of benzene rings is 2. The third-order valence-electron chi connectivity index (χ3n) is 5.03. The molecule has 0 spiro atoms. The van der Waals surface area contributed by atoms with E-state index < -0.39 is 11.6 Å². The quantitative estimate of drug-likeness (QED) is 0.709. The van der Waals surface area contributed by atoms with Gasteiger partial charge in [-0.3, -0.25) is 4.84 Å². The topological polar surface area (TPSA) is 59.5 Å². The Bertz CT molecular complexity index is 1040. The predicted molar refractivity (Wildman–Crippen MR) is 103 cm³/mol. The lowest BCUT2D eigenvalue weighted by Crippen LogP contribution is -2.22. The molecular formula is C21H18F2N4O2. The fraction of sp³-hybridized carbons (Fsp3) is 0.238. The van der Waals surface area contributed by atoms with Crippen LogP contribution in [-0.2, 0) is 11.3 Å². The van der Waals surface area contributed by atoms with Gasteiger partial charge in [0, 0.05) is 25.0 Å². The molecular weight excluding hydrogens is 378 g/mol. The Labute approximate surface area is 166 Å². The van der Waals surface area contributed by atoms with E-state index >= 15 is 0 Å². The Morgan fingerprint density at radius 3 is 2.76 bits per heavy atom. The summed E-state index contributed by atoms with van der Waals surface area (Å²) in [5.41, 5.74) is 2.48. The van der Waals surface area contributed by atoms with E-state index in [-0.39, 0.29) is 6.04 Å². The molecule has 1 unspecified atom stereocenters. The molecule has 2 aliphatic rings. The maximum atomic E-state index is 13.7. The standard InChI is InChI=1S/C21H18F2N4O2/c22-15-8-14(9-16(23)10-15)18-5-7-29-27(18)20-11-19(24-12-25-20)26-17-3-1-2-13-4-6-28-21(13)17/h1-3,8-12,18H,4-7H2,(H,24,25,26). The van der Waals surface area contributed by atoms with Gasteiger partial charge in [0.1, 0.15) is 29.5 Å². The van der Waals surface area contributed by atoms with Crippen LogP contribution in [0, 0.1) is 11.6 Å². The summed E-state index contributed by atoms with van der Waals surface area (Å²) < 4.78 is 33.1. The van der Waals surface area contributed by atoms with E-state index in [1.165, 1.54) is 18.5 Å². The highest BCUT2D eigenvalue weighted by molar-refractivity contribution is 5.68. The van der Waals surface area contributed by atoms with Crippen LogP contribution in [0.2, 0.25) is 0 Å². The molecule has 0 amide bonds. The van der Waals surface area contributed by atoms with Gasteiger partial charge in [0.15, 0.2) is 5.82 Å². The Morgan fingerprint density at radius 1 is 1.03 bits per heavy atom. The molecule has 2 aromatic carbocycles. The smallest absolute Gasteiger partial charge is 0.158 e. The molecule has 0 radical (unpaired) electrons. The predicted octanol–water partition coefficient (Wildman–Crippen LogP) is 4.32. The van der Waals surface area contributed by atoms with Gasteiger partial charge in [-0.05, 0) is 29.3 Å².